The van der Waals surface area contributed by atoms with Gasteiger partial charge in [0.15, 0.2) is 0 Å². The summed E-state index contributed by atoms with van der Waals surface area (Å²) in [6.07, 6.45) is 1.61. The fourth-order valence-corrected chi connectivity index (χ4v) is 3.67. The molecule has 3 heterocycles. The van der Waals surface area contributed by atoms with E-state index in [1.165, 1.54) is 0 Å². The lowest BCUT2D eigenvalue weighted by Crippen LogP contribution is -2.02. The highest BCUT2D eigenvalue weighted by molar-refractivity contribution is 7.10. The Hall–Kier alpha value is -1.67. The second-order valence-corrected chi connectivity index (χ2v) is 6.62. The maximum Gasteiger partial charge on any atom is 0.0998 e. The predicted molar refractivity (Wildman–Crippen MR) is 92.0 cm³/mol. The number of nitrogens with two attached hydrogens (primary N) is 2. The van der Waals surface area contributed by atoms with Crippen LogP contribution in [0.2, 0.25) is 0 Å². The van der Waals surface area contributed by atoms with Crippen molar-refractivity contribution < 1.29 is 0 Å². The van der Waals surface area contributed by atoms with E-state index in [1.807, 2.05) is 29.0 Å². The largest absolute Gasteiger partial charge is 0.330 e. The van der Waals surface area contributed by atoms with Gasteiger partial charge in [0.05, 0.1) is 32.8 Å². The third-order valence-electron chi connectivity index (χ3n) is 3.09. The van der Waals surface area contributed by atoms with Gasteiger partial charge in [0.1, 0.15) is 0 Å². The van der Waals surface area contributed by atoms with Crippen LogP contribution in [-0.2, 0) is 12.8 Å². The lowest BCUT2D eigenvalue weighted by Gasteiger charge is -2.00. The van der Waals surface area contributed by atoms with E-state index in [2.05, 4.69) is 15.0 Å². The zero-order valence-electron chi connectivity index (χ0n) is 12.0. The average Bonchev–Trinajstić information content (AvgIpc) is 3.18. The first-order valence-corrected chi connectivity index (χ1v) is 8.83. The van der Waals surface area contributed by atoms with Crippen LogP contribution in [0.5, 0.6) is 0 Å². The van der Waals surface area contributed by atoms with Gasteiger partial charge in [0.25, 0.3) is 0 Å². The van der Waals surface area contributed by atoms with Gasteiger partial charge in [-0.15, -0.1) is 22.7 Å². The molecule has 0 bridgehead atoms. The third kappa shape index (κ3) is 3.38. The predicted octanol–water partition coefficient (Wildman–Crippen LogP) is 2.33. The summed E-state index contributed by atoms with van der Waals surface area (Å²) in [7, 11) is 0. The van der Waals surface area contributed by atoms with Crippen molar-refractivity contribution in [3.8, 4) is 22.8 Å². The number of hydrogen-bond acceptors (Lipinski definition) is 7. The number of thiazole rings is 2. The molecule has 3 aromatic heterocycles. The topological polar surface area (TPSA) is 90.7 Å². The quantitative estimate of drug-likeness (QED) is 0.723. The van der Waals surface area contributed by atoms with E-state index < -0.39 is 0 Å². The number of rotatable bonds is 6. The zero-order chi connectivity index (χ0) is 15.4. The third-order valence-corrected chi connectivity index (χ3v) is 4.91. The molecule has 0 unspecified atom stereocenters. The first kappa shape index (κ1) is 15.2. The zero-order valence-corrected chi connectivity index (χ0v) is 13.7. The normalized spacial score (nSPS) is 11.0. The monoisotopic (exact) mass is 331 g/mol. The molecule has 7 heteroatoms. The van der Waals surface area contributed by atoms with Crippen LogP contribution in [-0.4, -0.2) is 28.0 Å². The van der Waals surface area contributed by atoms with Crippen molar-refractivity contribution in [2.24, 2.45) is 11.5 Å². The number of aromatic nitrogens is 3. The molecule has 0 radical (unpaired) electrons. The minimum absolute atomic E-state index is 0.614. The van der Waals surface area contributed by atoms with Gasteiger partial charge in [0, 0.05) is 23.6 Å². The first-order chi connectivity index (χ1) is 10.8. The molecule has 0 fully saturated rings. The van der Waals surface area contributed by atoms with Gasteiger partial charge in [-0.2, -0.15) is 0 Å². The standard InChI is InChI=1S/C15H17N5S2/c16-6-4-14-19-12(8-21-14)10-2-1-3-11(18-10)13-9-22-15(20-13)5-7-17/h1-3,8-9H,4-7,16-17H2. The number of hydrogen-bond donors (Lipinski definition) is 2. The van der Waals surface area contributed by atoms with Gasteiger partial charge < -0.3 is 11.5 Å². The van der Waals surface area contributed by atoms with E-state index in [0.717, 1.165) is 45.6 Å². The molecule has 0 aliphatic carbocycles. The lowest BCUT2D eigenvalue weighted by atomic mass is 10.2. The number of nitrogens with zero attached hydrogens (tertiary/aromatic N) is 3. The molecule has 4 N–H and O–H groups in total. The summed E-state index contributed by atoms with van der Waals surface area (Å²) in [6.45, 7) is 1.23. The summed E-state index contributed by atoms with van der Waals surface area (Å²) in [6, 6.07) is 5.93. The van der Waals surface area contributed by atoms with Crippen LogP contribution in [0.3, 0.4) is 0 Å². The van der Waals surface area contributed by atoms with Crippen LogP contribution >= 0.6 is 22.7 Å². The van der Waals surface area contributed by atoms with Crippen LogP contribution in [0.25, 0.3) is 22.8 Å². The van der Waals surface area contributed by atoms with Gasteiger partial charge in [-0.05, 0) is 25.2 Å². The molecule has 22 heavy (non-hydrogen) atoms. The van der Waals surface area contributed by atoms with Crippen molar-refractivity contribution in [3.63, 3.8) is 0 Å². The van der Waals surface area contributed by atoms with E-state index in [4.69, 9.17) is 11.5 Å². The van der Waals surface area contributed by atoms with Gasteiger partial charge in [-0.25, -0.2) is 15.0 Å². The molecule has 3 rings (SSSR count). The Morgan fingerprint density at radius 3 is 1.68 bits per heavy atom. The Bertz CT molecular complexity index is 690. The van der Waals surface area contributed by atoms with Crippen molar-refractivity contribution >= 4 is 22.7 Å². The summed E-state index contributed by atoms with van der Waals surface area (Å²) in [4.78, 5) is 13.8. The van der Waals surface area contributed by atoms with E-state index in [-0.39, 0.29) is 0 Å². The van der Waals surface area contributed by atoms with E-state index in [1.54, 1.807) is 22.7 Å². The highest BCUT2D eigenvalue weighted by atomic mass is 32.1. The average molecular weight is 331 g/mol. The summed E-state index contributed by atoms with van der Waals surface area (Å²) >= 11 is 3.25. The smallest absolute Gasteiger partial charge is 0.0998 e. The van der Waals surface area contributed by atoms with Crippen LogP contribution in [0, 0.1) is 0 Å². The molecule has 0 saturated carbocycles. The maximum absolute atomic E-state index is 5.57. The lowest BCUT2D eigenvalue weighted by molar-refractivity contribution is 0.952. The summed E-state index contributed by atoms with van der Waals surface area (Å²) in [5, 5.41) is 6.14. The van der Waals surface area contributed by atoms with Gasteiger partial charge in [-0.3, -0.25) is 0 Å². The van der Waals surface area contributed by atoms with Gasteiger partial charge >= 0.3 is 0 Å². The molecular weight excluding hydrogens is 314 g/mol. The van der Waals surface area contributed by atoms with Crippen molar-refractivity contribution in [2.75, 3.05) is 13.1 Å². The Kier molecular flexibility index (Phi) is 4.89. The van der Waals surface area contributed by atoms with Crippen LogP contribution < -0.4 is 11.5 Å². The van der Waals surface area contributed by atoms with E-state index >= 15 is 0 Å². The molecule has 0 atom stereocenters. The van der Waals surface area contributed by atoms with Crippen molar-refractivity contribution in [1.82, 2.24) is 15.0 Å². The molecule has 0 aromatic carbocycles. The van der Waals surface area contributed by atoms with Crippen molar-refractivity contribution in [2.45, 2.75) is 12.8 Å². The highest BCUT2D eigenvalue weighted by Gasteiger charge is 2.09. The fraction of sp³-hybridized carbons (Fsp3) is 0.267. The Balaban J connectivity index is 1.87. The molecule has 114 valence electrons. The van der Waals surface area contributed by atoms with Gasteiger partial charge in [0.2, 0.25) is 0 Å². The SMILES string of the molecule is NCCc1nc(-c2cccc(-c3csc(CCN)n3)n2)cs1. The van der Waals surface area contributed by atoms with Crippen LogP contribution in [0.1, 0.15) is 10.0 Å². The molecule has 0 aliphatic heterocycles. The molecule has 0 saturated heterocycles. The summed E-state index contributed by atoms with van der Waals surface area (Å²) < 4.78 is 0. The Morgan fingerprint density at radius 2 is 1.23 bits per heavy atom. The van der Waals surface area contributed by atoms with E-state index in [9.17, 15) is 0 Å². The van der Waals surface area contributed by atoms with Crippen LogP contribution in [0.15, 0.2) is 29.0 Å². The minimum atomic E-state index is 0.614. The Labute approximate surface area is 137 Å². The second kappa shape index (κ2) is 7.06. The summed E-state index contributed by atoms with van der Waals surface area (Å²) in [5.74, 6) is 0. The highest BCUT2D eigenvalue weighted by Crippen LogP contribution is 2.25. The molecule has 0 amide bonds. The minimum Gasteiger partial charge on any atom is -0.330 e. The molecular formula is C15H17N5S2. The molecule has 0 aliphatic rings. The molecule has 5 nitrogen and oxygen atoms in total. The maximum atomic E-state index is 5.57. The second-order valence-electron chi connectivity index (χ2n) is 4.74. The Morgan fingerprint density at radius 1 is 0.727 bits per heavy atom. The van der Waals surface area contributed by atoms with Gasteiger partial charge in [-0.1, -0.05) is 6.07 Å². The molecule has 3 aromatic rings. The fourth-order valence-electron chi connectivity index (χ4n) is 2.05. The summed E-state index contributed by atoms with van der Waals surface area (Å²) in [5.41, 5.74) is 14.7. The van der Waals surface area contributed by atoms with E-state index in [0.29, 0.717) is 13.1 Å². The van der Waals surface area contributed by atoms with Crippen LogP contribution in [0.4, 0.5) is 0 Å². The first-order valence-electron chi connectivity index (χ1n) is 7.07. The number of pyridine rings is 1. The molecule has 0 spiro atoms. The van der Waals surface area contributed by atoms with Crippen molar-refractivity contribution in [3.05, 3.63) is 39.0 Å². The van der Waals surface area contributed by atoms with Crippen molar-refractivity contribution in [1.29, 1.82) is 0 Å².